The molecule has 1 fully saturated rings. The Hall–Kier alpha value is -2.64. The first-order valence-corrected chi connectivity index (χ1v) is 13.2. The summed E-state index contributed by atoms with van der Waals surface area (Å²) in [5.74, 6) is 0.443. The van der Waals surface area contributed by atoms with Gasteiger partial charge in [-0.05, 0) is 92.4 Å². The third-order valence-electron chi connectivity index (χ3n) is 6.90. The Labute approximate surface area is 210 Å². The highest BCUT2D eigenvalue weighted by Gasteiger charge is 2.34. The van der Waals surface area contributed by atoms with E-state index in [1.807, 2.05) is 48.2 Å². The van der Waals surface area contributed by atoms with Gasteiger partial charge in [-0.3, -0.25) is 9.78 Å². The predicted molar refractivity (Wildman–Crippen MR) is 139 cm³/mol. The highest BCUT2D eigenvalue weighted by molar-refractivity contribution is 7.99. The van der Waals surface area contributed by atoms with Gasteiger partial charge < -0.3 is 14.7 Å². The molecule has 0 spiro atoms. The number of pyridine rings is 1. The minimum Gasteiger partial charge on any atom is -0.497 e. The first-order chi connectivity index (χ1) is 17.0. The topological polar surface area (TPSA) is 62.7 Å². The number of carboxylic acids is 1. The molecule has 3 aromatic rings. The molecule has 2 aromatic carbocycles. The van der Waals surface area contributed by atoms with Crippen LogP contribution in [0.15, 0.2) is 65.7 Å². The summed E-state index contributed by atoms with van der Waals surface area (Å²) in [6.07, 6.45) is 3.13. The van der Waals surface area contributed by atoms with Crippen molar-refractivity contribution in [2.45, 2.75) is 36.8 Å². The summed E-state index contributed by atoms with van der Waals surface area (Å²) in [6.45, 7) is 2.31. The summed E-state index contributed by atoms with van der Waals surface area (Å²) >= 11 is 1.83. The smallest absolute Gasteiger partial charge is 0.308 e. The summed E-state index contributed by atoms with van der Waals surface area (Å²) in [6, 6.07) is 17.5. The van der Waals surface area contributed by atoms with Crippen LogP contribution in [0.2, 0.25) is 0 Å². The van der Waals surface area contributed by atoms with E-state index in [4.69, 9.17) is 4.74 Å². The molecule has 5 nitrogen and oxygen atoms in total. The van der Waals surface area contributed by atoms with E-state index in [0.717, 1.165) is 42.6 Å². The summed E-state index contributed by atoms with van der Waals surface area (Å²) in [4.78, 5) is 19.9. The monoisotopic (exact) mass is 496 g/mol. The molecular weight excluding hydrogens is 463 g/mol. The van der Waals surface area contributed by atoms with Gasteiger partial charge in [-0.2, -0.15) is 0 Å². The molecule has 1 saturated heterocycles. The number of hydrogen-bond donors (Lipinski definition) is 1. The summed E-state index contributed by atoms with van der Waals surface area (Å²) in [7, 11) is 1.59. The van der Waals surface area contributed by atoms with Gasteiger partial charge in [-0.25, -0.2) is 4.39 Å². The number of alkyl halides is 1. The van der Waals surface area contributed by atoms with Crippen LogP contribution in [0.3, 0.4) is 0 Å². The van der Waals surface area contributed by atoms with Crippen molar-refractivity contribution in [1.82, 2.24) is 9.88 Å². The number of rotatable bonds is 11. The Bertz CT molecular complexity index is 1110. The van der Waals surface area contributed by atoms with Crippen molar-refractivity contribution in [1.29, 1.82) is 0 Å². The fourth-order valence-electron chi connectivity index (χ4n) is 4.95. The van der Waals surface area contributed by atoms with E-state index in [1.165, 1.54) is 4.90 Å². The van der Waals surface area contributed by atoms with Crippen LogP contribution in [0.5, 0.6) is 5.75 Å². The van der Waals surface area contributed by atoms with E-state index < -0.39 is 18.1 Å². The largest absolute Gasteiger partial charge is 0.497 e. The SMILES string of the molecule is COc1ccc2nccc([C@H](F)CC[C@@H]3CCN(CCCSc4ccccc4)C[C@@H]3C(=O)O)c2c1. The van der Waals surface area contributed by atoms with Crippen LogP contribution in [0.25, 0.3) is 10.9 Å². The molecule has 2 heterocycles. The van der Waals surface area contributed by atoms with Crippen molar-refractivity contribution >= 4 is 28.6 Å². The molecule has 0 aliphatic carbocycles. The molecule has 0 amide bonds. The van der Waals surface area contributed by atoms with Crippen molar-refractivity contribution in [3.8, 4) is 5.75 Å². The van der Waals surface area contributed by atoms with Crippen molar-refractivity contribution in [3.05, 3.63) is 66.4 Å². The van der Waals surface area contributed by atoms with Gasteiger partial charge >= 0.3 is 5.97 Å². The van der Waals surface area contributed by atoms with Gasteiger partial charge in [0.05, 0.1) is 18.5 Å². The van der Waals surface area contributed by atoms with Gasteiger partial charge in [-0.15, -0.1) is 11.8 Å². The molecule has 0 bridgehead atoms. The van der Waals surface area contributed by atoms with Crippen LogP contribution in [-0.2, 0) is 4.79 Å². The van der Waals surface area contributed by atoms with Gasteiger partial charge in [0, 0.05) is 23.0 Å². The number of aromatic nitrogens is 1. The van der Waals surface area contributed by atoms with E-state index in [-0.39, 0.29) is 5.92 Å². The molecular formula is C28H33FN2O3S. The van der Waals surface area contributed by atoms with Crippen LogP contribution in [0.1, 0.15) is 37.4 Å². The highest BCUT2D eigenvalue weighted by atomic mass is 32.2. The molecule has 1 aliphatic heterocycles. The number of piperidine rings is 1. The van der Waals surface area contributed by atoms with Crippen molar-refractivity contribution in [2.75, 3.05) is 32.5 Å². The maximum atomic E-state index is 15.4. The number of ether oxygens (including phenoxy) is 1. The molecule has 1 aliphatic rings. The lowest BCUT2D eigenvalue weighted by Crippen LogP contribution is -2.44. The molecule has 0 unspecified atom stereocenters. The van der Waals surface area contributed by atoms with E-state index in [1.54, 1.807) is 19.4 Å². The molecule has 3 atom stereocenters. The number of thioether (sulfide) groups is 1. The molecule has 1 aromatic heterocycles. The number of methoxy groups -OCH3 is 1. The van der Waals surface area contributed by atoms with Crippen molar-refractivity contribution < 1.29 is 19.0 Å². The normalized spacial score (nSPS) is 19.5. The zero-order valence-corrected chi connectivity index (χ0v) is 20.9. The zero-order valence-electron chi connectivity index (χ0n) is 20.1. The molecule has 35 heavy (non-hydrogen) atoms. The number of carbonyl (C=O) groups is 1. The van der Waals surface area contributed by atoms with Crippen LogP contribution >= 0.6 is 11.8 Å². The van der Waals surface area contributed by atoms with E-state index in [9.17, 15) is 9.90 Å². The number of likely N-dealkylation sites (tertiary alicyclic amines) is 1. The van der Waals surface area contributed by atoms with Crippen LogP contribution < -0.4 is 4.74 Å². The molecule has 4 rings (SSSR count). The van der Waals surface area contributed by atoms with Gasteiger partial charge in [0.2, 0.25) is 0 Å². The van der Waals surface area contributed by atoms with Crippen LogP contribution in [0.4, 0.5) is 4.39 Å². The maximum Gasteiger partial charge on any atom is 0.308 e. The van der Waals surface area contributed by atoms with Gasteiger partial charge in [0.15, 0.2) is 0 Å². The summed E-state index contributed by atoms with van der Waals surface area (Å²) in [5, 5.41) is 10.6. The lowest BCUT2D eigenvalue weighted by Gasteiger charge is -2.36. The molecule has 0 radical (unpaired) electrons. The number of halogens is 1. The highest BCUT2D eigenvalue weighted by Crippen LogP contribution is 2.35. The van der Waals surface area contributed by atoms with Gasteiger partial charge in [0.1, 0.15) is 11.9 Å². The lowest BCUT2D eigenvalue weighted by molar-refractivity contribution is -0.146. The Kier molecular flexibility index (Phi) is 8.99. The average molecular weight is 497 g/mol. The second-order valence-corrected chi connectivity index (χ2v) is 10.3. The minimum absolute atomic E-state index is 0.0108. The van der Waals surface area contributed by atoms with Gasteiger partial charge in [-0.1, -0.05) is 18.2 Å². The number of aliphatic carboxylic acids is 1. The quantitative estimate of drug-likeness (QED) is 0.250. The number of fused-ring (bicyclic) bond motifs is 1. The second-order valence-electron chi connectivity index (χ2n) is 9.14. The second kappa shape index (κ2) is 12.4. The Morgan fingerprint density at radius 1 is 1.26 bits per heavy atom. The fraction of sp³-hybridized carbons (Fsp3) is 0.429. The third-order valence-corrected chi connectivity index (χ3v) is 8.00. The standard InChI is InChI=1S/C28H33FN2O3S/c1-34-21-9-11-27-24(18-21)23(12-14-30-27)26(29)10-8-20-13-16-31(19-25(20)28(32)33)15-5-17-35-22-6-3-2-4-7-22/h2-4,6-7,9,11-12,14,18,20,25-26H,5,8,10,13,15-17,19H2,1H3,(H,32,33)/t20-,25+,26-/m1/s1. The number of benzene rings is 2. The third kappa shape index (κ3) is 6.73. The molecule has 186 valence electrons. The summed E-state index contributed by atoms with van der Waals surface area (Å²) in [5.41, 5.74) is 1.32. The van der Waals surface area contributed by atoms with E-state index in [2.05, 4.69) is 22.0 Å². The van der Waals surface area contributed by atoms with Crippen LogP contribution in [0, 0.1) is 11.8 Å². The Morgan fingerprint density at radius 2 is 2.09 bits per heavy atom. The predicted octanol–water partition coefficient (Wildman–Crippen LogP) is 6.24. The van der Waals surface area contributed by atoms with Crippen molar-refractivity contribution in [3.63, 3.8) is 0 Å². The van der Waals surface area contributed by atoms with Crippen molar-refractivity contribution in [2.24, 2.45) is 11.8 Å². The molecule has 0 saturated carbocycles. The lowest BCUT2D eigenvalue weighted by atomic mass is 9.81. The van der Waals surface area contributed by atoms with E-state index >= 15 is 4.39 Å². The summed E-state index contributed by atoms with van der Waals surface area (Å²) < 4.78 is 20.7. The Morgan fingerprint density at radius 3 is 2.86 bits per heavy atom. The fourth-order valence-corrected chi connectivity index (χ4v) is 5.81. The number of carboxylic acid groups (broad SMARTS) is 1. The minimum atomic E-state index is -1.17. The maximum absolute atomic E-state index is 15.4. The zero-order chi connectivity index (χ0) is 24.6. The molecule has 1 N–H and O–H groups in total. The van der Waals surface area contributed by atoms with Gasteiger partial charge in [0.25, 0.3) is 0 Å². The number of hydrogen-bond acceptors (Lipinski definition) is 5. The number of nitrogens with zero attached hydrogens (tertiary/aromatic N) is 2. The average Bonchev–Trinajstić information content (AvgIpc) is 2.89. The first-order valence-electron chi connectivity index (χ1n) is 12.2. The van der Waals surface area contributed by atoms with Crippen LogP contribution in [-0.4, -0.2) is 53.5 Å². The molecule has 7 heteroatoms. The first kappa shape index (κ1) is 25.5. The van der Waals surface area contributed by atoms with E-state index in [0.29, 0.717) is 30.7 Å². The Balaban J connectivity index is 1.30.